The lowest BCUT2D eigenvalue weighted by Crippen LogP contribution is -2.52. The Morgan fingerprint density at radius 2 is 2.04 bits per heavy atom. The zero-order valence-corrected chi connectivity index (χ0v) is 14.7. The summed E-state index contributed by atoms with van der Waals surface area (Å²) in [4.78, 5) is 38.1. The Kier molecular flexibility index (Phi) is 4.50. The number of carbonyl (C=O) groups is 3. The molecule has 4 N–H and O–H groups in total. The first-order valence-electron chi connectivity index (χ1n) is 9.29. The maximum atomic E-state index is 13.0. The van der Waals surface area contributed by atoms with Gasteiger partial charge >= 0.3 is 0 Å². The number of hydrogen-bond acceptors (Lipinski definition) is 5. The van der Waals surface area contributed by atoms with Crippen molar-refractivity contribution in [3.8, 4) is 0 Å². The van der Waals surface area contributed by atoms with E-state index < -0.39 is 6.04 Å². The quantitative estimate of drug-likeness (QED) is 0.678. The maximum absolute atomic E-state index is 13.0. The highest BCUT2D eigenvalue weighted by Crippen LogP contribution is 2.30. The fourth-order valence-electron chi connectivity index (χ4n) is 4.32. The molecule has 0 spiro atoms. The molecule has 138 valence electrons. The van der Waals surface area contributed by atoms with E-state index in [9.17, 15) is 14.4 Å². The minimum absolute atomic E-state index is 0.123. The first-order chi connectivity index (χ1) is 12.5. The van der Waals surface area contributed by atoms with Crippen LogP contribution in [0.4, 0.5) is 0 Å². The molecule has 1 saturated heterocycles. The molecule has 2 fully saturated rings. The van der Waals surface area contributed by atoms with Crippen LogP contribution < -0.4 is 16.4 Å². The smallest absolute Gasteiger partial charge is 0.255 e. The Morgan fingerprint density at radius 1 is 1.19 bits per heavy atom. The normalized spacial score (nSPS) is 28.4. The first-order valence-corrected chi connectivity index (χ1v) is 9.29. The van der Waals surface area contributed by atoms with Gasteiger partial charge in [0, 0.05) is 37.2 Å². The third kappa shape index (κ3) is 3.01. The summed E-state index contributed by atoms with van der Waals surface area (Å²) in [6.45, 7) is 1.01. The van der Waals surface area contributed by atoms with Crippen LogP contribution in [0.15, 0.2) is 18.2 Å². The highest BCUT2D eigenvalue weighted by molar-refractivity contribution is 6.05. The van der Waals surface area contributed by atoms with Gasteiger partial charge in [-0.05, 0) is 30.4 Å². The first kappa shape index (κ1) is 17.2. The van der Waals surface area contributed by atoms with Gasteiger partial charge in [-0.2, -0.15) is 0 Å². The van der Waals surface area contributed by atoms with Crippen LogP contribution >= 0.6 is 0 Å². The molecule has 0 bridgehead atoms. The Hall–Kier alpha value is -2.25. The van der Waals surface area contributed by atoms with Gasteiger partial charge in [0.2, 0.25) is 11.8 Å². The largest absolute Gasteiger partial charge is 0.326 e. The van der Waals surface area contributed by atoms with Gasteiger partial charge in [-0.3, -0.25) is 19.7 Å². The zero-order valence-electron chi connectivity index (χ0n) is 14.7. The number of benzene rings is 1. The van der Waals surface area contributed by atoms with Crippen molar-refractivity contribution in [2.24, 2.45) is 5.73 Å². The van der Waals surface area contributed by atoms with Gasteiger partial charge in [0.25, 0.3) is 5.91 Å². The van der Waals surface area contributed by atoms with Crippen molar-refractivity contribution in [1.29, 1.82) is 0 Å². The molecule has 1 aromatic rings. The second-order valence-corrected chi connectivity index (χ2v) is 7.43. The van der Waals surface area contributed by atoms with Gasteiger partial charge in [0.15, 0.2) is 0 Å². The third-order valence-electron chi connectivity index (χ3n) is 5.76. The van der Waals surface area contributed by atoms with E-state index in [-0.39, 0.29) is 36.2 Å². The van der Waals surface area contributed by atoms with Crippen molar-refractivity contribution >= 4 is 17.7 Å². The van der Waals surface area contributed by atoms with E-state index in [1.165, 1.54) is 0 Å². The van der Waals surface area contributed by atoms with Crippen molar-refractivity contribution in [2.45, 2.75) is 63.3 Å². The molecule has 26 heavy (non-hydrogen) atoms. The van der Waals surface area contributed by atoms with Gasteiger partial charge in [0.05, 0.1) is 0 Å². The summed E-state index contributed by atoms with van der Waals surface area (Å²) in [5.74, 6) is -0.769. The number of rotatable bonds is 4. The van der Waals surface area contributed by atoms with Crippen LogP contribution in [0.5, 0.6) is 0 Å². The zero-order chi connectivity index (χ0) is 18.3. The molecule has 1 aliphatic carbocycles. The molecular formula is C19H24N4O3. The highest BCUT2D eigenvalue weighted by Gasteiger charge is 2.40. The van der Waals surface area contributed by atoms with Gasteiger partial charge in [0.1, 0.15) is 6.04 Å². The fraction of sp³-hybridized carbons (Fsp3) is 0.526. The molecule has 2 heterocycles. The van der Waals surface area contributed by atoms with Crippen molar-refractivity contribution < 1.29 is 14.4 Å². The Bertz CT molecular complexity index is 763. The highest BCUT2D eigenvalue weighted by atomic mass is 16.2. The van der Waals surface area contributed by atoms with Gasteiger partial charge in [-0.25, -0.2) is 0 Å². The molecule has 4 rings (SSSR count). The van der Waals surface area contributed by atoms with Gasteiger partial charge in [-0.1, -0.05) is 24.6 Å². The minimum Gasteiger partial charge on any atom is -0.326 e. The summed E-state index contributed by atoms with van der Waals surface area (Å²) in [6.07, 6.45) is 3.88. The monoisotopic (exact) mass is 356 g/mol. The van der Waals surface area contributed by atoms with Crippen LogP contribution in [-0.4, -0.2) is 40.7 Å². The fourth-order valence-corrected chi connectivity index (χ4v) is 4.32. The van der Waals surface area contributed by atoms with E-state index >= 15 is 0 Å². The second kappa shape index (κ2) is 6.81. The SMILES string of the molecule is N[C@@H]1CCC[C@H]1NCc1cccc2c1C(=O)N(C1CCC(=O)NC1=O)C2. The molecule has 2 aliphatic heterocycles. The predicted octanol–water partition coefficient (Wildman–Crippen LogP) is 0.417. The molecule has 1 unspecified atom stereocenters. The van der Waals surface area contributed by atoms with E-state index in [0.29, 0.717) is 25.1 Å². The summed E-state index contributed by atoms with van der Waals surface area (Å²) in [5, 5.41) is 5.82. The van der Waals surface area contributed by atoms with E-state index in [1.54, 1.807) is 4.90 Å². The molecule has 1 aromatic carbocycles. The van der Waals surface area contributed by atoms with Gasteiger partial charge < -0.3 is 16.0 Å². The van der Waals surface area contributed by atoms with E-state index in [1.807, 2.05) is 18.2 Å². The molecule has 0 aromatic heterocycles. The van der Waals surface area contributed by atoms with E-state index in [2.05, 4.69) is 10.6 Å². The minimum atomic E-state index is -0.573. The summed E-state index contributed by atoms with van der Waals surface area (Å²) >= 11 is 0. The Labute approximate surface area is 152 Å². The lowest BCUT2D eigenvalue weighted by Gasteiger charge is -2.29. The number of fused-ring (bicyclic) bond motifs is 1. The number of imide groups is 1. The van der Waals surface area contributed by atoms with E-state index in [0.717, 1.165) is 30.4 Å². The van der Waals surface area contributed by atoms with Crippen molar-refractivity contribution in [2.75, 3.05) is 0 Å². The summed E-state index contributed by atoms with van der Waals surface area (Å²) < 4.78 is 0. The average Bonchev–Trinajstić information content (AvgIpc) is 3.17. The third-order valence-corrected chi connectivity index (χ3v) is 5.76. The molecule has 0 radical (unpaired) electrons. The van der Waals surface area contributed by atoms with Gasteiger partial charge in [-0.15, -0.1) is 0 Å². The van der Waals surface area contributed by atoms with Crippen molar-refractivity contribution in [3.63, 3.8) is 0 Å². The summed E-state index contributed by atoms with van der Waals surface area (Å²) in [5.41, 5.74) is 8.70. The average molecular weight is 356 g/mol. The van der Waals surface area contributed by atoms with Crippen LogP contribution in [0.3, 0.4) is 0 Å². The number of nitrogens with two attached hydrogens (primary N) is 1. The number of nitrogens with zero attached hydrogens (tertiary/aromatic N) is 1. The lowest BCUT2D eigenvalue weighted by atomic mass is 10.0. The standard InChI is InChI=1S/C19H24N4O3/c20-13-5-2-6-14(13)21-9-11-3-1-4-12-10-23(19(26)17(11)12)15-7-8-16(24)22-18(15)25/h1,3-4,13-15,21H,2,5-10,20H2,(H,22,24,25)/t13-,14-,15?/m1/s1. The Balaban J connectivity index is 1.51. The van der Waals surface area contributed by atoms with Crippen molar-refractivity contribution in [1.82, 2.24) is 15.5 Å². The van der Waals surface area contributed by atoms with Crippen LogP contribution in [0.25, 0.3) is 0 Å². The van der Waals surface area contributed by atoms with Crippen LogP contribution in [0.2, 0.25) is 0 Å². The molecule has 3 amide bonds. The molecule has 7 heteroatoms. The van der Waals surface area contributed by atoms with Crippen molar-refractivity contribution in [3.05, 3.63) is 34.9 Å². The number of amides is 3. The summed E-state index contributed by atoms with van der Waals surface area (Å²) in [7, 11) is 0. The topological polar surface area (TPSA) is 105 Å². The summed E-state index contributed by atoms with van der Waals surface area (Å²) in [6, 6.07) is 5.72. The number of carbonyl (C=O) groups excluding carboxylic acids is 3. The van der Waals surface area contributed by atoms with Crippen LogP contribution in [-0.2, 0) is 22.7 Å². The molecule has 3 aliphatic rings. The molecule has 1 saturated carbocycles. The number of piperidine rings is 1. The van der Waals surface area contributed by atoms with Crippen LogP contribution in [0, 0.1) is 0 Å². The Morgan fingerprint density at radius 3 is 2.77 bits per heavy atom. The van der Waals surface area contributed by atoms with Crippen LogP contribution in [0.1, 0.15) is 53.6 Å². The predicted molar refractivity (Wildman–Crippen MR) is 94.9 cm³/mol. The number of nitrogens with one attached hydrogen (secondary N) is 2. The maximum Gasteiger partial charge on any atom is 0.255 e. The molecular weight excluding hydrogens is 332 g/mol. The lowest BCUT2D eigenvalue weighted by molar-refractivity contribution is -0.136. The number of hydrogen-bond donors (Lipinski definition) is 3. The second-order valence-electron chi connectivity index (χ2n) is 7.43. The molecule has 3 atom stereocenters. The van der Waals surface area contributed by atoms with E-state index in [4.69, 9.17) is 5.73 Å². The molecule has 7 nitrogen and oxygen atoms in total.